The lowest BCUT2D eigenvalue weighted by Gasteiger charge is -2.16. The van der Waals surface area contributed by atoms with Gasteiger partial charge in [0.15, 0.2) is 0 Å². The van der Waals surface area contributed by atoms with Gasteiger partial charge in [-0.05, 0) is 30.3 Å². The molecule has 0 bridgehead atoms. The van der Waals surface area contributed by atoms with Crippen LogP contribution in [0.15, 0.2) is 85.3 Å². The van der Waals surface area contributed by atoms with Crippen LogP contribution in [0.3, 0.4) is 0 Å². The van der Waals surface area contributed by atoms with Gasteiger partial charge in [0.2, 0.25) is 5.88 Å². The highest BCUT2D eigenvalue weighted by Crippen LogP contribution is 2.33. The van der Waals surface area contributed by atoms with Gasteiger partial charge in [-0.2, -0.15) is 0 Å². The predicted octanol–water partition coefficient (Wildman–Crippen LogP) is 4.45. The average Bonchev–Trinajstić information content (AvgIpc) is 2.78. The summed E-state index contributed by atoms with van der Waals surface area (Å²) < 4.78 is 5.89. The standard InChI is InChI=1S/C23H16N4O2/c28-22(17-13-24-14-25-23(17)29-15-7-2-1-3-8-15)16-9-6-12-20-21(16)27-19-11-5-4-10-18(19)26-20/h1-14,22,28H. The molecule has 0 aliphatic rings. The van der Waals surface area contributed by atoms with Crippen LogP contribution in [-0.2, 0) is 0 Å². The van der Waals surface area contributed by atoms with Gasteiger partial charge >= 0.3 is 0 Å². The highest BCUT2D eigenvalue weighted by Gasteiger charge is 2.21. The van der Waals surface area contributed by atoms with E-state index in [1.807, 2.05) is 72.8 Å². The van der Waals surface area contributed by atoms with Crippen molar-refractivity contribution < 1.29 is 9.84 Å². The molecule has 5 aromatic rings. The Hall–Kier alpha value is -3.90. The normalized spacial score (nSPS) is 12.2. The molecule has 6 nitrogen and oxygen atoms in total. The van der Waals surface area contributed by atoms with Crippen molar-refractivity contribution >= 4 is 22.1 Å². The zero-order valence-corrected chi connectivity index (χ0v) is 15.3. The first-order chi connectivity index (χ1) is 14.3. The number of hydrogen-bond donors (Lipinski definition) is 1. The smallest absolute Gasteiger partial charge is 0.228 e. The first-order valence-corrected chi connectivity index (χ1v) is 9.16. The van der Waals surface area contributed by atoms with Crippen LogP contribution in [0.25, 0.3) is 22.1 Å². The molecule has 2 aromatic heterocycles. The fraction of sp³-hybridized carbons (Fsp3) is 0.0435. The van der Waals surface area contributed by atoms with E-state index in [0.29, 0.717) is 33.8 Å². The van der Waals surface area contributed by atoms with Crippen molar-refractivity contribution in [2.24, 2.45) is 0 Å². The van der Waals surface area contributed by atoms with E-state index in [4.69, 9.17) is 9.72 Å². The van der Waals surface area contributed by atoms with Crippen LogP contribution in [0.2, 0.25) is 0 Å². The molecule has 140 valence electrons. The average molecular weight is 380 g/mol. The van der Waals surface area contributed by atoms with Crippen molar-refractivity contribution in [2.75, 3.05) is 0 Å². The quantitative estimate of drug-likeness (QED) is 0.464. The molecule has 0 saturated carbocycles. The van der Waals surface area contributed by atoms with Gasteiger partial charge in [-0.1, -0.05) is 42.5 Å². The molecular weight excluding hydrogens is 364 g/mol. The van der Waals surface area contributed by atoms with Gasteiger partial charge in [-0.25, -0.2) is 19.9 Å². The van der Waals surface area contributed by atoms with Gasteiger partial charge in [0.25, 0.3) is 0 Å². The van der Waals surface area contributed by atoms with Gasteiger partial charge in [0, 0.05) is 11.8 Å². The maximum absolute atomic E-state index is 11.2. The predicted molar refractivity (Wildman–Crippen MR) is 110 cm³/mol. The second-order valence-corrected chi connectivity index (χ2v) is 6.53. The van der Waals surface area contributed by atoms with Gasteiger partial charge < -0.3 is 9.84 Å². The third-order valence-corrected chi connectivity index (χ3v) is 4.65. The van der Waals surface area contributed by atoms with E-state index in [-0.39, 0.29) is 0 Å². The summed E-state index contributed by atoms with van der Waals surface area (Å²) in [4.78, 5) is 17.7. The molecule has 2 heterocycles. The van der Waals surface area contributed by atoms with Gasteiger partial charge in [-0.15, -0.1) is 0 Å². The molecule has 0 aliphatic carbocycles. The first kappa shape index (κ1) is 17.2. The number of nitrogens with zero attached hydrogens (tertiary/aromatic N) is 4. The summed E-state index contributed by atoms with van der Waals surface area (Å²) in [6.07, 6.45) is 1.93. The third kappa shape index (κ3) is 3.26. The lowest BCUT2D eigenvalue weighted by molar-refractivity contribution is 0.216. The molecule has 5 rings (SSSR count). The van der Waals surface area contributed by atoms with Crippen LogP contribution in [0.4, 0.5) is 0 Å². The first-order valence-electron chi connectivity index (χ1n) is 9.16. The van der Waals surface area contributed by atoms with Crippen LogP contribution in [0, 0.1) is 0 Å². The summed E-state index contributed by atoms with van der Waals surface area (Å²) in [6.45, 7) is 0. The van der Waals surface area contributed by atoms with Gasteiger partial charge in [0.05, 0.1) is 27.6 Å². The number of aliphatic hydroxyl groups excluding tert-OH is 1. The molecule has 0 amide bonds. The maximum Gasteiger partial charge on any atom is 0.228 e. The largest absolute Gasteiger partial charge is 0.439 e. The van der Waals surface area contributed by atoms with Crippen molar-refractivity contribution in [3.8, 4) is 11.6 Å². The molecular formula is C23H16N4O2. The Balaban J connectivity index is 1.62. The Kier molecular flexibility index (Phi) is 4.31. The summed E-state index contributed by atoms with van der Waals surface area (Å²) in [5.41, 5.74) is 4.00. The van der Waals surface area contributed by atoms with Crippen molar-refractivity contribution in [3.63, 3.8) is 0 Å². The van der Waals surface area contributed by atoms with Crippen LogP contribution in [0.1, 0.15) is 17.2 Å². The van der Waals surface area contributed by atoms with E-state index >= 15 is 0 Å². The fourth-order valence-corrected chi connectivity index (χ4v) is 3.25. The van der Waals surface area contributed by atoms with E-state index in [0.717, 1.165) is 11.0 Å². The summed E-state index contributed by atoms with van der Waals surface area (Å²) in [6, 6.07) is 22.5. The molecule has 0 radical (unpaired) electrons. The minimum Gasteiger partial charge on any atom is -0.439 e. The monoisotopic (exact) mass is 380 g/mol. The summed E-state index contributed by atoms with van der Waals surface area (Å²) >= 11 is 0. The SMILES string of the molecule is OC(c1cncnc1Oc1ccccc1)c1cccc2nc3ccccc3nc12. The zero-order valence-electron chi connectivity index (χ0n) is 15.3. The molecule has 1 N–H and O–H groups in total. The molecule has 3 aromatic carbocycles. The van der Waals surface area contributed by atoms with E-state index < -0.39 is 6.10 Å². The lowest BCUT2D eigenvalue weighted by Crippen LogP contribution is -2.06. The second kappa shape index (κ2) is 7.26. The summed E-state index contributed by atoms with van der Waals surface area (Å²) in [5.74, 6) is 0.924. The number of para-hydroxylation sites is 4. The minimum absolute atomic E-state index is 0.296. The summed E-state index contributed by atoms with van der Waals surface area (Å²) in [7, 11) is 0. The van der Waals surface area contributed by atoms with Gasteiger partial charge in [-0.3, -0.25) is 0 Å². The van der Waals surface area contributed by atoms with E-state index in [1.54, 1.807) is 6.20 Å². The second-order valence-electron chi connectivity index (χ2n) is 6.53. The maximum atomic E-state index is 11.2. The molecule has 0 aliphatic heterocycles. The Labute approximate surface area is 166 Å². The fourth-order valence-electron chi connectivity index (χ4n) is 3.25. The van der Waals surface area contributed by atoms with Crippen molar-refractivity contribution in [1.82, 2.24) is 19.9 Å². The van der Waals surface area contributed by atoms with Crippen LogP contribution in [-0.4, -0.2) is 25.0 Å². The Bertz CT molecular complexity index is 1310. The molecule has 0 fully saturated rings. The van der Waals surface area contributed by atoms with Crippen LogP contribution >= 0.6 is 0 Å². The molecule has 0 spiro atoms. The number of rotatable bonds is 4. The van der Waals surface area contributed by atoms with Crippen molar-refractivity contribution in [3.05, 3.63) is 96.4 Å². The Morgan fingerprint density at radius 2 is 1.45 bits per heavy atom. The number of aliphatic hydroxyl groups is 1. The molecule has 29 heavy (non-hydrogen) atoms. The lowest BCUT2D eigenvalue weighted by atomic mass is 10.0. The number of fused-ring (bicyclic) bond motifs is 2. The highest BCUT2D eigenvalue weighted by molar-refractivity contribution is 5.88. The van der Waals surface area contributed by atoms with E-state index in [2.05, 4.69) is 15.0 Å². The molecule has 1 unspecified atom stereocenters. The molecule has 6 heteroatoms. The Morgan fingerprint density at radius 1 is 0.724 bits per heavy atom. The van der Waals surface area contributed by atoms with E-state index in [9.17, 15) is 5.11 Å². The molecule has 1 atom stereocenters. The summed E-state index contributed by atoms with van der Waals surface area (Å²) in [5, 5.41) is 11.2. The third-order valence-electron chi connectivity index (χ3n) is 4.65. The topological polar surface area (TPSA) is 81.0 Å². The van der Waals surface area contributed by atoms with Gasteiger partial charge in [0.1, 0.15) is 18.2 Å². The number of benzene rings is 3. The van der Waals surface area contributed by atoms with Crippen molar-refractivity contribution in [1.29, 1.82) is 0 Å². The Morgan fingerprint density at radius 3 is 2.28 bits per heavy atom. The minimum atomic E-state index is -1.02. The van der Waals surface area contributed by atoms with E-state index in [1.165, 1.54) is 6.33 Å². The van der Waals surface area contributed by atoms with Crippen LogP contribution < -0.4 is 4.74 Å². The zero-order chi connectivity index (χ0) is 19.6. The number of hydrogen-bond acceptors (Lipinski definition) is 6. The van der Waals surface area contributed by atoms with Crippen molar-refractivity contribution in [2.45, 2.75) is 6.10 Å². The highest BCUT2D eigenvalue weighted by atomic mass is 16.5. The number of ether oxygens (including phenoxy) is 1. The number of aromatic nitrogens is 4. The molecule has 0 saturated heterocycles. The van der Waals surface area contributed by atoms with Crippen LogP contribution in [0.5, 0.6) is 11.6 Å².